The van der Waals surface area contributed by atoms with Gasteiger partial charge in [-0.3, -0.25) is 0 Å². The second kappa shape index (κ2) is 3.92. The second-order valence-corrected chi connectivity index (χ2v) is 4.17. The van der Waals surface area contributed by atoms with Crippen LogP contribution >= 0.6 is 31.9 Å². The van der Waals surface area contributed by atoms with Crippen molar-refractivity contribution in [1.29, 1.82) is 0 Å². The van der Waals surface area contributed by atoms with E-state index < -0.39 is 7.12 Å². The van der Waals surface area contributed by atoms with E-state index in [1.807, 2.05) is 13.0 Å². The van der Waals surface area contributed by atoms with E-state index in [9.17, 15) is 0 Å². The maximum atomic E-state index is 8.96. The van der Waals surface area contributed by atoms with E-state index in [4.69, 9.17) is 10.0 Å². The van der Waals surface area contributed by atoms with Crippen LogP contribution in [0.25, 0.3) is 0 Å². The zero-order valence-electron chi connectivity index (χ0n) is 6.38. The minimum Gasteiger partial charge on any atom is -0.423 e. The van der Waals surface area contributed by atoms with Crippen molar-refractivity contribution in [2.45, 2.75) is 6.92 Å². The van der Waals surface area contributed by atoms with E-state index in [1.54, 1.807) is 6.07 Å². The van der Waals surface area contributed by atoms with Gasteiger partial charge in [0, 0.05) is 8.95 Å². The standard InChI is InChI=1S/C7H7BBr2O2/c1-4-2-5(8(11)12)7(10)6(9)3-4/h2-3,11-12H,1H3. The van der Waals surface area contributed by atoms with Crippen LogP contribution in [0.2, 0.25) is 0 Å². The van der Waals surface area contributed by atoms with Crippen LogP contribution in [0, 0.1) is 6.92 Å². The first-order valence-corrected chi connectivity index (χ1v) is 4.92. The molecule has 1 aromatic carbocycles. The van der Waals surface area contributed by atoms with Gasteiger partial charge < -0.3 is 10.0 Å². The summed E-state index contributed by atoms with van der Waals surface area (Å²) in [6, 6.07) is 3.62. The molecular formula is C7H7BBr2O2. The summed E-state index contributed by atoms with van der Waals surface area (Å²) in [5.74, 6) is 0. The Hall–Kier alpha value is 0.165. The topological polar surface area (TPSA) is 40.5 Å². The number of aryl methyl sites for hydroxylation is 1. The zero-order valence-corrected chi connectivity index (χ0v) is 9.55. The van der Waals surface area contributed by atoms with E-state index in [0.717, 1.165) is 10.0 Å². The van der Waals surface area contributed by atoms with Crippen molar-refractivity contribution in [2.24, 2.45) is 0 Å². The summed E-state index contributed by atoms with van der Waals surface area (Å²) in [5, 5.41) is 17.9. The summed E-state index contributed by atoms with van der Waals surface area (Å²) < 4.78 is 1.51. The molecule has 0 radical (unpaired) electrons. The molecule has 0 saturated heterocycles. The minimum absolute atomic E-state index is 0.474. The third kappa shape index (κ3) is 2.10. The van der Waals surface area contributed by atoms with Crippen LogP contribution in [-0.2, 0) is 0 Å². The highest BCUT2D eigenvalue weighted by atomic mass is 79.9. The normalized spacial score (nSPS) is 10.1. The molecule has 0 heterocycles. The van der Waals surface area contributed by atoms with Crippen LogP contribution in [0.15, 0.2) is 21.1 Å². The van der Waals surface area contributed by atoms with Gasteiger partial charge in [-0.25, -0.2) is 0 Å². The van der Waals surface area contributed by atoms with Gasteiger partial charge >= 0.3 is 7.12 Å². The van der Waals surface area contributed by atoms with Crippen LogP contribution in [-0.4, -0.2) is 17.2 Å². The Labute approximate surface area is 88.0 Å². The summed E-state index contributed by atoms with van der Waals surface area (Å²) >= 11 is 6.54. The van der Waals surface area contributed by atoms with Crippen molar-refractivity contribution in [2.75, 3.05) is 0 Å². The molecule has 0 aliphatic carbocycles. The van der Waals surface area contributed by atoms with Crippen molar-refractivity contribution in [3.05, 3.63) is 26.6 Å². The van der Waals surface area contributed by atoms with E-state index >= 15 is 0 Å². The molecule has 2 nitrogen and oxygen atoms in total. The van der Waals surface area contributed by atoms with Gasteiger partial charge in [0.05, 0.1) is 0 Å². The van der Waals surface area contributed by atoms with Crippen LogP contribution in [0.1, 0.15) is 5.56 Å². The van der Waals surface area contributed by atoms with Crippen LogP contribution in [0.4, 0.5) is 0 Å². The maximum Gasteiger partial charge on any atom is 0.489 e. The average Bonchev–Trinajstić information content (AvgIpc) is 1.96. The van der Waals surface area contributed by atoms with Gasteiger partial charge in [-0.2, -0.15) is 0 Å². The highest BCUT2D eigenvalue weighted by Gasteiger charge is 2.16. The summed E-state index contributed by atoms with van der Waals surface area (Å²) in [5.41, 5.74) is 1.45. The van der Waals surface area contributed by atoms with Crippen molar-refractivity contribution >= 4 is 44.4 Å². The molecule has 0 saturated carbocycles. The summed E-state index contributed by atoms with van der Waals surface area (Å²) in [7, 11) is -1.43. The fourth-order valence-electron chi connectivity index (χ4n) is 0.939. The van der Waals surface area contributed by atoms with E-state index in [2.05, 4.69) is 31.9 Å². The van der Waals surface area contributed by atoms with Crippen molar-refractivity contribution in [1.82, 2.24) is 0 Å². The maximum absolute atomic E-state index is 8.96. The zero-order chi connectivity index (χ0) is 9.30. The SMILES string of the molecule is Cc1cc(Br)c(Br)c(B(O)O)c1. The molecule has 2 N–H and O–H groups in total. The van der Waals surface area contributed by atoms with Crippen LogP contribution in [0.5, 0.6) is 0 Å². The molecular weight excluding hydrogens is 287 g/mol. The van der Waals surface area contributed by atoms with E-state index in [1.165, 1.54) is 0 Å². The molecule has 0 unspecified atom stereocenters. The van der Waals surface area contributed by atoms with Crippen LogP contribution in [0.3, 0.4) is 0 Å². The first-order valence-electron chi connectivity index (χ1n) is 3.34. The van der Waals surface area contributed by atoms with E-state index in [0.29, 0.717) is 9.94 Å². The Morgan fingerprint density at radius 2 is 1.83 bits per heavy atom. The molecule has 1 rings (SSSR count). The third-order valence-electron chi connectivity index (χ3n) is 1.48. The minimum atomic E-state index is -1.43. The molecule has 0 fully saturated rings. The summed E-state index contributed by atoms with van der Waals surface area (Å²) in [6.07, 6.45) is 0. The molecule has 0 spiro atoms. The lowest BCUT2D eigenvalue weighted by molar-refractivity contribution is 0.425. The first-order chi connectivity index (χ1) is 5.52. The predicted octanol–water partition coefficient (Wildman–Crippen LogP) is 1.20. The van der Waals surface area contributed by atoms with E-state index in [-0.39, 0.29) is 0 Å². The Morgan fingerprint density at radius 1 is 1.25 bits per heavy atom. The molecule has 0 aliphatic heterocycles. The molecule has 12 heavy (non-hydrogen) atoms. The quantitative estimate of drug-likeness (QED) is 0.764. The second-order valence-electron chi connectivity index (χ2n) is 2.52. The molecule has 0 atom stereocenters. The van der Waals surface area contributed by atoms with Gasteiger partial charge in [0.1, 0.15) is 0 Å². The Morgan fingerprint density at radius 3 is 2.33 bits per heavy atom. The molecule has 0 bridgehead atoms. The lowest BCUT2D eigenvalue weighted by Gasteiger charge is -2.06. The van der Waals surface area contributed by atoms with Crippen molar-refractivity contribution < 1.29 is 10.0 Å². The number of hydrogen-bond acceptors (Lipinski definition) is 2. The summed E-state index contributed by atoms with van der Waals surface area (Å²) in [4.78, 5) is 0. The largest absolute Gasteiger partial charge is 0.489 e. The molecule has 1 aromatic rings. The molecule has 5 heteroatoms. The number of halogens is 2. The van der Waals surface area contributed by atoms with Gasteiger partial charge in [0.2, 0.25) is 0 Å². The number of benzene rings is 1. The number of rotatable bonds is 1. The fraction of sp³-hybridized carbons (Fsp3) is 0.143. The molecule has 0 amide bonds. The predicted molar refractivity (Wildman–Crippen MR) is 56.4 cm³/mol. The van der Waals surface area contributed by atoms with Gasteiger partial charge in [0.15, 0.2) is 0 Å². The first kappa shape index (κ1) is 10.2. The smallest absolute Gasteiger partial charge is 0.423 e. The highest BCUT2D eigenvalue weighted by molar-refractivity contribution is 9.13. The van der Waals surface area contributed by atoms with Gasteiger partial charge in [-0.1, -0.05) is 11.6 Å². The Bertz CT molecular complexity index is 302. The average molecular weight is 294 g/mol. The highest BCUT2D eigenvalue weighted by Crippen LogP contribution is 2.22. The van der Waals surface area contributed by atoms with Crippen LogP contribution < -0.4 is 5.46 Å². The fourth-order valence-corrected chi connectivity index (χ4v) is 1.96. The van der Waals surface area contributed by atoms with Crippen molar-refractivity contribution in [3.63, 3.8) is 0 Å². The molecule has 0 aliphatic rings. The number of hydrogen-bond donors (Lipinski definition) is 2. The molecule has 64 valence electrons. The van der Waals surface area contributed by atoms with Gasteiger partial charge in [-0.05, 0) is 50.3 Å². The van der Waals surface area contributed by atoms with Gasteiger partial charge in [-0.15, -0.1) is 0 Å². The summed E-state index contributed by atoms with van der Waals surface area (Å²) in [6.45, 7) is 1.89. The Balaban J connectivity index is 3.28. The lowest BCUT2D eigenvalue weighted by atomic mass is 9.80. The monoisotopic (exact) mass is 292 g/mol. The lowest BCUT2D eigenvalue weighted by Crippen LogP contribution is -2.31. The van der Waals surface area contributed by atoms with Crippen molar-refractivity contribution in [3.8, 4) is 0 Å². The third-order valence-corrected chi connectivity index (χ3v) is 3.52. The van der Waals surface area contributed by atoms with Gasteiger partial charge in [0.25, 0.3) is 0 Å². The molecule has 0 aromatic heterocycles. The Kier molecular flexibility index (Phi) is 3.34.